The van der Waals surface area contributed by atoms with Gasteiger partial charge in [-0.15, -0.1) is 0 Å². The largest absolute Gasteiger partial charge is 0.493 e. The van der Waals surface area contributed by atoms with Gasteiger partial charge in [0.1, 0.15) is 0 Å². The van der Waals surface area contributed by atoms with Crippen LogP contribution in [0.15, 0.2) is 60.7 Å². The molecule has 3 aromatic rings. The van der Waals surface area contributed by atoms with Crippen molar-refractivity contribution in [3.05, 3.63) is 82.9 Å². The van der Waals surface area contributed by atoms with E-state index in [0.29, 0.717) is 42.3 Å². The molecule has 39 heavy (non-hydrogen) atoms. The molecule has 3 aliphatic rings. The summed E-state index contributed by atoms with van der Waals surface area (Å²) in [6, 6.07) is 18.9. The van der Waals surface area contributed by atoms with Crippen molar-refractivity contribution in [2.24, 2.45) is 0 Å². The van der Waals surface area contributed by atoms with Crippen LogP contribution in [0.25, 0.3) is 0 Å². The summed E-state index contributed by atoms with van der Waals surface area (Å²) in [6.07, 6.45) is 0.567. The summed E-state index contributed by atoms with van der Waals surface area (Å²) < 4.78 is 12.0. The first kappa shape index (κ1) is 25.1. The third kappa shape index (κ3) is 4.24. The summed E-state index contributed by atoms with van der Waals surface area (Å²) in [5.74, 6) is 1.23. The SMILES string of the molecule is COc1cccc2c1OC1(C)CC2NC(=O)N1c1cccc(C(=O)N2CCN(c3cccc(C)c3C)CC2)c1. The fraction of sp³-hybridized carbons (Fsp3) is 0.355. The van der Waals surface area contributed by atoms with Crippen LogP contribution in [0.2, 0.25) is 0 Å². The Labute approximate surface area is 229 Å². The van der Waals surface area contributed by atoms with Crippen LogP contribution in [-0.4, -0.2) is 55.9 Å². The highest BCUT2D eigenvalue weighted by Gasteiger charge is 2.50. The van der Waals surface area contributed by atoms with Gasteiger partial charge in [0.2, 0.25) is 0 Å². The number of nitrogens with zero attached hydrogens (tertiary/aromatic N) is 3. The first-order valence-electron chi connectivity index (χ1n) is 13.5. The normalized spacial score (nSPS) is 22.1. The molecule has 2 bridgehead atoms. The van der Waals surface area contributed by atoms with Crippen LogP contribution in [-0.2, 0) is 0 Å². The molecule has 1 N–H and O–H groups in total. The Balaban J connectivity index is 1.22. The zero-order valence-corrected chi connectivity index (χ0v) is 22.9. The van der Waals surface area contributed by atoms with Crippen LogP contribution in [0.4, 0.5) is 16.2 Å². The van der Waals surface area contributed by atoms with Crippen molar-refractivity contribution in [1.82, 2.24) is 10.2 Å². The van der Waals surface area contributed by atoms with Crippen molar-refractivity contribution in [3.63, 3.8) is 0 Å². The number of urea groups is 1. The second-order valence-electron chi connectivity index (χ2n) is 10.7. The lowest BCUT2D eigenvalue weighted by atomic mass is 9.89. The summed E-state index contributed by atoms with van der Waals surface area (Å²) in [5.41, 5.74) is 4.93. The van der Waals surface area contributed by atoms with E-state index in [1.807, 2.05) is 48.2 Å². The average Bonchev–Trinajstić information content (AvgIpc) is 2.93. The topological polar surface area (TPSA) is 74.3 Å². The molecular formula is C31H34N4O4. The number of amides is 3. The number of rotatable bonds is 4. The van der Waals surface area contributed by atoms with Gasteiger partial charge in [0.15, 0.2) is 17.2 Å². The van der Waals surface area contributed by atoms with Crippen LogP contribution < -0.4 is 24.6 Å². The molecule has 2 atom stereocenters. The molecule has 202 valence electrons. The Bertz CT molecular complexity index is 1450. The van der Waals surface area contributed by atoms with Crippen LogP contribution in [0.1, 0.15) is 46.4 Å². The molecule has 8 heteroatoms. The van der Waals surface area contributed by atoms with Crippen molar-refractivity contribution < 1.29 is 19.1 Å². The number of ether oxygens (including phenoxy) is 2. The van der Waals surface area contributed by atoms with Crippen molar-refractivity contribution in [1.29, 1.82) is 0 Å². The maximum atomic E-state index is 13.6. The first-order chi connectivity index (χ1) is 18.8. The number of methoxy groups -OCH3 is 1. The van der Waals surface area contributed by atoms with E-state index in [1.54, 1.807) is 18.1 Å². The summed E-state index contributed by atoms with van der Waals surface area (Å²) in [4.78, 5) is 32.8. The maximum absolute atomic E-state index is 13.6. The fourth-order valence-corrected chi connectivity index (χ4v) is 6.10. The van der Waals surface area contributed by atoms with E-state index in [1.165, 1.54) is 16.8 Å². The summed E-state index contributed by atoms with van der Waals surface area (Å²) in [7, 11) is 1.61. The van der Waals surface area contributed by atoms with E-state index < -0.39 is 5.72 Å². The van der Waals surface area contributed by atoms with Gasteiger partial charge in [-0.1, -0.05) is 30.3 Å². The standard InChI is InChI=1S/C31H34N4O4/c1-20-8-5-12-26(21(20)2)33-14-16-34(17-15-33)29(36)22-9-6-10-23(18-22)35-30(37)32-25-19-31(35,3)39-28-24(25)11-7-13-27(28)38-4/h5-13,18,25H,14-17,19H2,1-4H3,(H,32,37). The maximum Gasteiger partial charge on any atom is 0.325 e. The third-order valence-electron chi connectivity index (χ3n) is 8.32. The van der Waals surface area contributed by atoms with Gasteiger partial charge in [-0.2, -0.15) is 0 Å². The fourth-order valence-electron chi connectivity index (χ4n) is 6.10. The Hall–Kier alpha value is -4.20. The van der Waals surface area contributed by atoms with E-state index in [2.05, 4.69) is 42.3 Å². The monoisotopic (exact) mass is 526 g/mol. The molecule has 0 spiro atoms. The van der Waals surface area contributed by atoms with Gasteiger partial charge < -0.3 is 24.6 Å². The van der Waals surface area contributed by atoms with Crippen molar-refractivity contribution in [2.45, 2.75) is 39.0 Å². The molecule has 6 rings (SSSR count). The van der Waals surface area contributed by atoms with Gasteiger partial charge in [-0.25, -0.2) is 4.79 Å². The molecule has 3 aliphatic heterocycles. The van der Waals surface area contributed by atoms with Gasteiger partial charge in [0.05, 0.1) is 18.8 Å². The molecule has 2 unspecified atom stereocenters. The number of carbonyl (C=O) groups is 2. The summed E-state index contributed by atoms with van der Waals surface area (Å²) in [6.45, 7) is 9.02. The third-order valence-corrected chi connectivity index (χ3v) is 8.32. The van der Waals surface area contributed by atoms with Crippen LogP contribution in [0.3, 0.4) is 0 Å². The number of fused-ring (bicyclic) bond motifs is 4. The molecule has 0 saturated carbocycles. The summed E-state index contributed by atoms with van der Waals surface area (Å²) in [5, 5.41) is 3.12. The number of nitrogens with one attached hydrogen (secondary N) is 1. The number of para-hydroxylation sites is 1. The molecule has 3 amide bonds. The number of hydrogen-bond acceptors (Lipinski definition) is 5. The lowest BCUT2D eigenvalue weighted by molar-refractivity contribution is 0.0349. The smallest absolute Gasteiger partial charge is 0.325 e. The molecule has 3 heterocycles. The quantitative estimate of drug-likeness (QED) is 0.515. The van der Waals surface area contributed by atoms with Gasteiger partial charge in [0.25, 0.3) is 5.91 Å². The molecule has 8 nitrogen and oxygen atoms in total. The van der Waals surface area contributed by atoms with E-state index in [0.717, 1.165) is 18.7 Å². The minimum Gasteiger partial charge on any atom is -0.493 e. The Kier molecular flexibility index (Phi) is 6.13. The predicted molar refractivity (Wildman–Crippen MR) is 151 cm³/mol. The van der Waals surface area contributed by atoms with Crippen LogP contribution in [0, 0.1) is 13.8 Å². The Morgan fingerprint density at radius 2 is 1.77 bits per heavy atom. The minimum absolute atomic E-state index is 0.0329. The Morgan fingerprint density at radius 3 is 2.54 bits per heavy atom. The van der Waals surface area contributed by atoms with Gasteiger partial charge in [0, 0.05) is 49.4 Å². The van der Waals surface area contributed by atoms with Crippen LogP contribution >= 0.6 is 0 Å². The molecule has 0 radical (unpaired) electrons. The second-order valence-corrected chi connectivity index (χ2v) is 10.7. The number of benzene rings is 3. The zero-order valence-electron chi connectivity index (χ0n) is 22.9. The molecule has 0 aliphatic carbocycles. The van der Waals surface area contributed by atoms with Crippen molar-refractivity contribution in [3.8, 4) is 11.5 Å². The van der Waals surface area contributed by atoms with Crippen molar-refractivity contribution >= 4 is 23.3 Å². The second kappa shape index (κ2) is 9.52. The zero-order chi connectivity index (χ0) is 27.3. The number of anilines is 2. The highest BCUT2D eigenvalue weighted by Crippen LogP contribution is 2.49. The van der Waals surface area contributed by atoms with E-state index in [4.69, 9.17) is 9.47 Å². The van der Waals surface area contributed by atoms with Gasteiger partial charge in [-0.05, 0) is 62.2 Å². The first-order valence-corrected chi connectivity index (χ1v) is 13.5. The molecule has 0 aromatic heterocycles. The predicted octanol–water partition coefficient (Wildman–Crippen LogP) is 5.04. The highest BCUT2D eigenvalue weighted by atomic mass is 16.5. The van der Waals surface area contributed by atoms with E-state index in [9.17, 15) is 9.59 Å². The van der Waals surface area contributed by atoms with E-state index >= 15 is 0 Å². The van der Waals surface area contributed by atoms with Gasteiger partial charge >= 0.3 is 6.03 Å². The lowest BCUT2D eigenvalue weighted by Gasteiger charge is -2.50. The Morgan fingerprint density at radius 1 is 1.03 bits per heavy atom. The molecule has 2 fully saturated rings. The average molecular weight is 527 g/mol. The molecule has 2 saturated heterocycles. The van der Waals surface area contributed by atoms with E-state index in [-0.39, 0.29) is 18.0 Å². The number of piperazine rings is 1. The van der Waals surface area contributed by atoms with Crippen LogP contribution in [0.5, 0.6) is 11.5 Å². The molecule has 3 aromatic carbocycles. The van der Waals surface area contributed by atoms with Gasteiger partial charge in [-0.3, -0.25) is 9.69 Å². The summed E-state index contributed by atoms with van der Waals surface area (Å²) >= 11 is 0. The highest BCUT2D eigenvalue weighted by molar-refractivity contribution is 5.99. The number of carbonyl (C=O) groups excluding carboxylic acids is 2. The van der Waals surface area contributed by atoms with Crippen molar-refractivity contribution in [2.75, 3.05) is 43.1 Å². The lowest BCUT2D eigenvalue weighted by Crippen LogP contribution is -2.65. The minimum atomic E-state index is -0.937. The number of hydrogen-bond donors (Lipinski definition) is 1. The number of aryl methyl sites for hydroxylation is 1. The molecular weight excluding hydrogens is 492 g/mol.